The second-order valence-corrected chi connectivity index (χ2v) is 12.5. The van der Waals surface area contributed by atoms with E-state index < -0.39 is 28.5 Å². The van der Waals surface area contributed by atoms with E-state index in [9.17, 15) is 18.0 Å². The summed E-state index contributed by atoms with van der Waals surface area (Å²) in [7, 11) is -4.12. The van der Waals surface area contributed by atoms with Gasteiger partial charge in [-0.3, -0.25) is 13.9 Å². The first-order valence-electron chi connectivity index (χ1n) is 14.7. The molecule has 3 aromatic rings. The fraction of sp³-hybridized carbons (Fsp3) is 0.394. The van der Waals surface area contributed by atoms with Crippen LogP contribution in [0.2, 0.25) is 0 Å². The quantitative estimate of drug-likeness (QED) is 0.285. The molecule has 1 fully saturated rings. The van der Waals surface area contributed by atoms with Gasteiger partial charge in [0, 0.05) is 12.6 Å². The van der Waals surface area contributed by atoms with Crippen LogP contribution >= 0.6 is 0 Å². The summed E-state index contributed by atoms with van der Waals surface area (Å²) in [5.74, 6) is -0.0645. The van der Waals surface area contributed by atoms with Crippen LogP contribution in [-0.4, -0.2) is 50.4 Å². The van der Waals surface area contributed by atoms with Crippen LogP contribution < -0.4 is 14.4 Å². The Kier molecular flexibility index (Phi) is 10.6. The largest absolute Gasteiger partial charge is 0.494 e. The molecule has 1 N–H and O–H groups in total. The molecule has 0 aromatic heterocycles. The Morgan fingerprint density at radius 3 is 2.19 bits per heavy atom. The zero-order chi connectivity index (χ0) is 30.1. The first-order valence-corrected chi connectivity index (χ1v) is 16.1. The van der Waals surface area contributed by atoms with Gasteiger partial charge in [-0.1, -0.05) is 62.2 Å². The van der Waals surface area contributed by atoms with E-state index in [1.165, 1.54) is 17.0 Å². The number of carbonyl (C=O) groups excluding carboxylic acids is 2. The molecule has 0 unspecified atom stereocenters. The SMILES string of the molecule is CCOc1ccc(N(CC(=O)N(Cc2ccccc2C)[C@@H](CC)C(=O)NC2CCCC2)S(=O)(=O)c2ccccc2)cc1. The maximum absolute atomic E-state index is 14.2. The highest BCUT2D eigenvalue weighted by Gasteiger charge is 2.34. The van der Waals surface area contributed by atoms with Crippen LogP contribution in [0.5, 0.6) is 5.75 Å². The minimum Gasteiger partial charge on any atom is -0.494 e. The van der Waals surface area contributed by atoms with E-state index in [4.69, 9.17) is 4.74 Å². The molecule has 9 heteroatoms. The van der Waals surface area contributed by atoms with Crippen LogP contribution in [0.25, 0.3) is 0 Å². The summed E-state index contributed by atoms with van der Waals surface area (Å²) >= 11 is 0. The van der Waals surface area contributed by atoms with Gasteiger partial charge in [0.1, 0.15) is 18.3 Å². The number of hydrogen-bond donors (Lipinski definition) is 1. The number of carbonyl (C=O) groups is 2. The van der Waals surface area contributed by atoms with Crippen LogP contribution in [0.15, 0.2) is 83.8 Å². The van der Waals surface area contributed by atoms with Crippen LogP contribution in [0.1, 0.15) is 57.1 Å². The minimum atomic E-state index is -4.12. The number of nitrogens with zero attached hydrogens (tertiary/aromatic N) is 2. The van der Waals surface area contributed by atoms with Gasteiger partial charge in [0.2, 0.25) is 11.8 Å². The van der Waals surface area contributed by atoms with Crippen molar-refractivity contribution in [1.82, 2.24) is 10.2 Å². The van der Waals surface area contributed by atoms with Gasteiger partial charge in [-0.15, -0.1) is 0 Å². The summed E-state index contributed by atoms with van der Waals surface area (Å²) in [6.45, 7) is 5.90. The second-order valence-electron chi connectivity index (χ2n) is 10.6. The van der Waals surface area contributed by atoms with Crippen LogP contribution in [0, 0.1) is 6.92 Å². The van der Waals surface area contributed by atoms with E-state index in [0.717, 1.165) is 41.1 Å². The molecule has 0 saturated heterocycles. The monoisotopic (exact) mass is 591 g/mol. The summed E-state index contributed by atoms with van der Waals surface area (Å²) in [5.41, 5.74) is 2.22. The van der Waals surface area contributed by atoms with Crippen molar-refractivity contribution in [1.29, 1.82) is 0 Å². The molecule has 0 bridgehead atoms. The standard InChI is InChI=1S/C33H41N3O5S/c1-4-31(33(38)34-27-15-11-12-16-27)35(23-26-14-10-9-13-25(26)3)32(37)24-36(28-19-21-29(22-20-28)41-5-2)42(39,40)30-17-7-6-8-18-30/h6-10,13-14,17-22,27,31H,4-5,11-12,15-16,23-24H2,1-3H3,(H,34,38)/t31-/m0/s1. The smallest absolute Gasteiger partial charge is 0.264 e. The molecule has 0 heterocycles. The van der Waals surface area contributed by atoms with Crippen LogP contribution in [-0.2, 0) is 26.2 Å². The van der Waals surface area contributed by atoms with Gasteiger partial charge in [-0.25, -0.2) is 8.42 Å². The lowest BCUT2D eigenvalue weighted by Crippen LogP contribution is -2.53. The molecule has 224 valence electrons. The summed E-state index contributed by atoms with van der Waals surface area (Å²) in [5, 5.41) is 3.15. The lowest BCUT2D eigenvalue weighted by molar-refractivity contribution is -0.140. The van der Waals surface area contributed by atoms with E-state index in [1.807, 2.05) is 45.0 Å². The number of rotatable bonds is 13. The first kappa shape index (κ1) is 31.1. The topological polar surface area (TPSA) is 96.0 Å². The molecule has 4 rings (SSSR count). The number of ether oxygens (including phenoxy) is 1. The Morgan fingerprint density at radius 2 is 1.57 bits per heavy atom. The Hall–Kier alpha value is -3.85. The molecule has 1 atom stereocenters. The van der Waals surface area contributed by atoms with Gasteiger partial charge < -0.3 is 15.0 Å². The highest BCUT2D eigenvalue weighted by molar-refractivity contribution is 7.92. The zero-order valence-electron chi connectivity index (χ0n) is 24.7. The number of aryl methyl sites for hydroxylation is 1. The summed E-state index contributed by atoms with van der Waals surface area (Å²) in [6, 6.07) is 21.8. The van der Waals surface area contributed by atoms with Crippen molar-refractivity contribution in [3.05, 3.63) is 90.0 Å². The molecular formula is C33H41N3O5S. The van der Waals surface area contributed by atoms with Gasteiger partial charge in [0.25, 0.3) is 10.0 Å². The molecule has 1 saturated carbocycles. The van der Waals surface area contributed by atoms with Crippen molar-refractivity contribution in [3.8, 4) is 5.75 Å². The van der Waals surface area contributed by atoms with Crippen molar-refractivity contribution in [2.75, 3.05) is 17.5 Å². The van der Waals surface area contributed by atoms with Gasteiger partial charge in [0.15, 0.2) is 0 Å². The minimum absolute atomic E-state index is 0.0724. The summed E-state index contributed by atoms with van der Waals surface area (Å²) in [6.07, 6.45) is 4.39. The summed E-state index contributed by atoms with van der Waals surface area (Å²) < 4.78 is 34.6. The Bertz CT molecular complexity index is 1440. The van der Waals surface area contributed by atoms with Gasteiger partial charge in [-0.05, 0) is 80.6 Å². The number of amides is 2. The van der Waals surface area contributed by atoms with Gasteiger partial charge >= 0.3 is 0 Å². The van der Waals surface area contributed by atoms with E-state index in [0.29, 0.717) is 24.5 Å². The van der Waals surface area contributed by atoms with Crippen LogP contribution in [0.4, 0.5) is 5.69 Å². The number of hydrogen-bond acceptors (Lipinski definition) is 5. The molecule has 0 spiro atoms. The molecule has 3 aromatic carbocycles. The lowest BCUT2D eigenvalue weighted by Gasteiger charge is -2.34. The lowest BCUT2D eigenvalue weighted by atomic mass is 10.1. The highest BCUT2D eigenvalue weighted by Crippen LogP contribution is 2.27. The van der Waals surface area contributed by atoms with E-state index in [1.54, 1.807) is 42.5 Å². The summed E-state index contributed by atoms with van der Waals surface area (Å²) in [4.78, 5) is 29.4. The third kappa shape index (κ3) is 7.50. The third-order valence-corrected chi connectivity index (χ3v) is 9.52. The van der Waals surface area contributed by atoms with E-state index in [2.05, 4.69) is 5.32 Å². The van der Waals surface area contributed by atoms with Crippen molar-refractivity contribution >= 4 is 27.5 Å². The first-order chi connectivity index (χ1) is 20.2. The van der Waals surface area contributed by atoms with Crippen molar-refractivity contribution in [3.63, 3.8) is 0 Å². The maximum Gasteiger partial charge on any atom is 0.264 e. The van der Waals surface area contributed by atoms with Crippen LogP contribution in [0.3, 0.4) is 0 Å². The number of anilines is 1. The molecular weight excluding hydrogens is 550 g/mol. The number of sulfonamides is 1. The predicted molar refractivity (Wildman–Crippen MR) is 165 cm³/mol. The van der Waals surface area contributed by atoms with E-state index >= 15 is 0 Å². The molecule has 1 aliphatic carbocycles. The molecule has 0 radical (unpaired) electrons. The fourth-order valence-corrected chi connectivity index (χ4v) is 6.82. The molecule has 1 aliphatic rings. The maximum atomic E-state index is 14.2. The zero-order valence-corrected chi connectivity index (χ0v) is 25.5. The average Bonchev–Trinajstić information content (AvgIpc) is 3.51. The van der Waals surface area contributed by atoms with Gasteiger partial charge in [-0.2, -0.15) is 0 Å². The molecule has 0 aliphatic heterocycles. The molecule has 8 nitrogen and oxygen atoms in total. The number of benzene rings is 3. The average molecular weight is 592 g/mol. The van der Waals surface area contributed by atoms with Gasteiger partial charge in [0.05, 0.1) is 17.2 Å². The highest BCUT2D eigenvalue weighted by atomic mass is 32.2. The second kappa shape index (κ2) is 14.4. The number of nitrogens with one attached hydrogen (secondary N) is 1. The van der Waals surface area contributed by atoms with Crippen molar-refractivity contribution < 1.29 is 22.7 Å². The Morgan fingerprint density at radius 1 is 0.929 bits per heavy atom. The Balaban J connectivity index is 1.71. The third-order valence-electron chi connectivity index (χ3n) is 7.74. The van der Waals surface area contributed by atoms with Crippen molar-refractivity contribution in [2.24, 2.45) is 0 Å². The fourth-order valence-electron chi connectivity index (χ4n) is 5.38. The molecule has 2 amide bonds. The molecule has 42 heavy (non-hydrogen) atoms. The van der Waals surface area contributed by atoms with E-state index in [-0.39, 0.29) is 23.4 Å². The predicted octanol–water partition coefficient (Wildman–Crippen LogP) is 5.46. The normalized spacial score (nSPS) is 14.3. The Labute approximate surface area is 249 Å². The van der Waals surface area contributed by atoms with Crippen molar-refractivity contribution in [2.45, 2.75) is 76.4 Å².